The lowest BCUT2D eigenvalue weighted by Crippen LogP contribution is -2.07. The Morgan fingerprint density at radius 3 is 2.32 bits per heavy atom. The van der Waals surface area contributed by atoms with Gasteiger partial charge in [-0.3, -0.25) is 0 Å². The molecule has 0 amide bonds. The van der Waals surface area contributed by atoms with Gasteiger partial charge < -0.3 is 5.32 Å². The molecule has 100 valence electrons. The molecule has 2 aromatic rings. The Bertz CT molecular complexity index is 602. The van der Waals surface area contributed by atoms with Gasteiger partial charge in [-0.2, -0.15) is 0 Å². The zero-order valence-corrected chi connectivity index (χ0v) is 11.6. The Balaban J connectivity index is 2.17. The molecule has 0 spiro atoms. The summed E-state index contributed by atoms with van der Waals surface area (Å²) in [5, 5.41) is 3.23. The summed E-state index contributed by atoms with van der Waals surface area (Å²) in [5.74, 6) is -0.953. The molecule has 0 aliphatic heterocycles. The van der Waals surface area contributed by atoms with Crippen molar-refractivity contribution in [1.82, 2.24) is 0 Å². The van der Waals surface area contributed by atoms with Gasteiger partial charge in [0.15, 0.2) is 0 Å². The highest BCUT2D eigenvalue weighted by atomic mass is 35.5. The smallest absolute Gasteiger partial charge is 0.143 e. The van der Waals surface area contributed by atoms with Crippen molar-refractivity contribution in [3.8, 4) is 0 Å². The van der Waals surface area contributed by atoms with Crippen molar-refractivity contribution >= 4 is 28.9 Å². The molecule has 0 saturated carbocycles. The highest BCUT2D eigenvalue weighted by Crippen LogP contribution is 2.25. The lowest BCUT2D eigenvalue weighted by atomic mass is 10.1. The quantitative estimate of drug-likeness (QED) is 0.795. The van der Waals surface area contributed by atoms with Gasteiger partial charge in [0.2, 0.25) is 0 Å². The molecule has 1 nitrogen and oxygen atoms in total. The standard InChI is InChI=1S/C14H11Cl2F2N/c1-8(9-2-5-13(17)12(16)6-9)19-10-3-4-11(15)14(18)7-10/h2-8,19H,1H3. The number of rotatable bonds is 3. The third-order valence-electron chi connectivity index (χ3n) is 2.75. The van der Waals surface area contributed by atoms with Crippen molar-refractivity contribution in [1.29, 1.82) is 0 Å². The Hall–Kier alpha value is -1.32. The molecule has 1 atom stereocenters. The molecule has 2 rings (SSSR count). The van der Waals surface area contributed by atoms with Crippen molar-refractivity contribution in [2.75, 3.05) is 5.32 Å². The van der Waals surface area contributed by atoms with Crippen molar-refractivity contribution in [3.05, 3.63) is 63.6 Å². The first-order valence-corrected chi connectivity index (χ1v) is 6.39. The molecule has 1 unspecified atom stereocenters. The number of hydrogen-bond acceptors (Lipinski definition) is 1. The molecule has 0 heterocycles. The van der Waals surface area contributed by atoms with Crippen LogP contribution in [0.4, 0.5) is 14.5 Å². The van der Waals surface area contributed by atoms with Crippen molar-refractivity contribution in [2.45, 2.75) is 13.0 Å². The number of hydrogen-bond donors (Lipinski definition) is 1. The fraction of sp³-hybridized carbons (Fsp3) is 0.143. The zero-order valence-electron chi connectivity index (χ0n) is 10.1. The van der Waals surface area contributed by atoms with Gasteiger partial charge in [-0.1, -0.05) is 29.3 Å². The molecule has 2 aromatic carbocycles. The summed E-state index contributed by atoms with van der Waals surface area (Å²) in [6.07, 6.45) is 0. The molecule has 0 saturated heterocycles. The predicted molar refractivity (Wildman–Crippen MR) is 74.9 cm³/mol. The fourth-order valence-corrected chi connectivity index (χ4v) is 2.01. The molecular formula is C14H11Cl2F2N. The lowest BCUT2D eigenvalue weighted by molar-refractivity contribution is 0.626. The van der Waals surface area contributed by atoms with Crippen LogP contribution in [-0.4, -0.2) is 0 Å². The first-order valence-electron chi connectivity index (χ1n) is 5.64. The Labute approximate surface area is 120 Å². The molecule has 5 heteroatoms. The summed E-state index contributed by atoms with van der Waals surface area (Å²) in [6, 6.07) is 8.80. The summed E-state index contributed by atoms with van der Waals surface area (Å²) >= 11 is 11.3. The molecule has 1 N–H and O–H groups in total. The van der Waals surface area contributed by atoms with Gasteiger partial charge in [0.1, 0.15) is 11.6 Å². The van der Waals surface area contributed by atoms with Gasteiger partial charge in [-0.25, -0.2) is 8.78 Å². The van der Waals surface area contributed by atoms with Crippen LogP contribution in [0.15, 0.2) is 36.4 Å². The Morgan fingerprint density at radius 1 is 0.947 bits per heavy atom. The largest absolute Gasteiger partial charge is 0.378 e. The second-order valence-corrected chi connectivity index (χ2v) is 4.98. The van der Waals surface area contributed by atoms with Crippen LogP contribution in [0.3, 0.4) is 0 Å². The third kappa shape index (κ3) is 3.37. The highest BCUT2D eigenvalue weighted by molar-refractivity contribution is 6.31. The van der Waals surface area contributed by atoms with Crippen LogP contribution in [-0.2, 0) is 0 Å². The summed E-state index contributed by atoms with van der Waals surface area (Å²) in [4.78, 5) is 0. The average molecular weight is 302 g/mol. The highest BCUT2D eigenvalue weighted by Gasteiger charge is 2.09. The third-order valence-corrected chi connectivity index (χ3v) is 3.34. The average Bonchev–Trinajstić information content (AvgIpc) is 2.37. The van der Waals surface area contributed by atoms with Crippen LogP contribution >= 0.6 is 23.2 Å². The molecule has 0 aliphatic rings. The molecule has 0 radical (unpaired) electrons. The van der Waals surface area contributed by atoms with Gasteiger partial charge in [-0.05, 0) is 42.8 Å². The number of anilines is 1. The molecular weight excluding hydrogens is 291 g/mol. The van der Waals surface area contributed by atoms with E-state index >= 15 is 0 Å². The Morgan fingerprint density at radius 2 is 1.68 bits per heavy atom. The van der Waals surface area contributed by atoms with E-state index in [1.54, 1.807) is 18.2 Å². The van der Waals surface area contributed by atoms with Crippen LogP contribution in [0.5, 0.6) is 0 Å². The summed E-state index contributed by atoms with van der Waals surface area (Å²) in [7, 11) is 0. The van der Waals surface area contributed by atoms with E-state index in [2.05, 4.69) is 5.32 Å². The van der Waals surface area contributed by atoms with Crippen LogP contribution < -0.4 is 5.32 Å². The first kappa shape index (κ1) is 14.1. The van der Waals surface area contributed by atoms with Gasteiger partial charge >= 0.3 is 0 Å². The van der Waals surface area contributed by atoms with E-state index in [0.29, 0.717) is 5.69 Å². The summed E-state index contributed by atoms with van der Waals surface area (Å²) in [5.41, 5.74) is 1.40. The number of nitrogens with one attached hydrogen (secondary N) is 1. The van der Waals surface area contributed by atoms with E-state index in [0.717, 1.165) is 5.56 Å². The monoisotopic (exact) mass is 301 g/mol. The molecule has 0 aromatic heterocycles. The van der Waals surface area contributed by atoms with E-state index < -0.39 is 11.6 Å². The SMILES string of the molecule is CC(Nc1ccc(Cl)c(F)c1)c1ccc(F)c(Cl)c1. The van der Waals surface area contributed by atoms with E-state index in [4.69, 9.17) is 23.2 Å². The van der Waals surface area contributed by atoms with Crippen molar-refractivity contribution in [3.63, 3.8) is 0 Å². The zero-order chi connectivity index (χ0) is 14.0. The van der Waals surface area contributed by atoms with Crippen LogP contribution in [0, 0.1) is 11.6 Å². The van der Waals surface area contributed by atoms with Gasteiger partial charge in [-0.15, -0.1) is 0 Å². The number of halogens is 4. The van der Waals surface area contributed by atoms with Crippen LogP contribution in [0.25, 0.3) is 0 Å². The maximum Gasteiger partial charge on any atom is 0.143 e. The van der Waals surface area contributed by atoms with E-state index in [1.807, 2.05) is 6.92 Å². The van der Waals surface area contributed by atoms with Crippen molar-refractivity contribution in [2.24, 2.45) is 0 Å². The van der Waals surface area contributed by atoms with Crippen LogP contribution in [0.2, 0.25) is 10.0 Å². The fourth-order valence-electron chi connectivity index (χ4n) is 1.70. The van der Waals surface area contributed by atoms with Gasteiger partial charge in [0.05, 0.1) is 10.0 Å². The van der Waals surface area contributed by atoms with E-state index in [9.17, 15) is 8.78 Å². The van der Waals surface area contributed by atoms with Gasteiger partial charge in [0, 0.05) is 11.7 Å². The second-order valence-electron chi connectivity index (χ2n) is 4.17. The summed E-state index contributed by atoms with van der Waals surface area (Å²) < 4.78 is 26.4. The second kappa shape index (κ2) is 5.76. The van der Waals surface area contributed by atoms with Crippen molar-refractivity contribution < 1.29 is 8.78 Å². The lowest BCUT2D eigenvalue weighted by Gasteiger charge is -2.16. The minimum Gasteiger partial charge on any atom is -0.378 e. The molecule has 19 heavy (non-hydrogen) atoms. The first-order chi connectivity index (χ1) is 8.97. The maximum absolute atomic E-state index is 13.3. The van der Waals surface area contributed by atoms with Crippen LogP contribution in [0.1, 0.15) is 18.5 Å². The normalized spacial score (nSPS) is 12.3. The van der Waals surface area contributed by atoms with E-state index in [-0.39, 0.29) is 16.1 Å². The summed E-state index contributed by atoms with van der Waals surface area (Å²) in [6.45, 7) is 1.87. The Kier molecular flexibility index (Phi) is 4.27. The predicted octanol–water partition coefficient (Wildman–Crippen LogP) is 5.44. The van der Waals surface area contributed by atoms with Gasteiger partial charge in [0.25, 0.3) is 0 Å². The van der Waals surface area contributed by atoms with E-state index in [1.165, 1.54) is 18.2 Å². The topological polar surface area (TPSA) is 12.0 Å². The maximum atomic E-state index is 13.3. The molecule has 0 fully saturated rings. The minimum absolute atomic E-state index is 0.0634. The molecule has 0 aliphatic carbocycles. The number of benzene rings is 2. The molecule has 0 bridgehead atoms. The minimum atomic E-state index is -0.490.